The fraction of sp³-hybridized carbons (Fsp3) is 0.667. The van der Waals surface area contributed by atoms with Crippen LogP contribution in [0.1, 0.15) is 24.1 Å². The van der Waals surface area contributed by atoms with E-state index in [0.717, 1.165) is 44.3 Å². The lowest BCUT2D eigenvalue weighted by atomic mass is 10.4. The second-order valence-electron chi connectivity index (χ2n) is 4.35. The van der Waals surface area contributed by atoms with Crippen LogP contribution in [0.5, 0.6) is 0 Å². The number of nitrogens with one attached hydrogen (secondary N) is 1. The molecule has 1 fully saturated rings. The topological polar surface area (TPSA) is 47.3 Å². The van der Waals surface area contributed by atoms with Gasteiger partial charge in [-0.15, -0.1) is 11.3 Å². The minimum atomic E-state index is 0.874. The number of hydrogen-bond donors (Lipinski definition) is 2. The molecule has 4 heteroatoms. The van der Waals surface area contributed by atoms with Gasteiger partial charge in [-0.3, -0.25) is 0 Å². The normalized spacial score (nSPS) is 15.5. The number of thiophene rings is 1. The highest BCUT2D eigenvalue weighted by atomic mass is 32.1. The molecule has 90 valence electrons. The summed E-state index contributed by atoms with van der Waals surface area (Å²) in [5.41, 5.74) is 6.69. The summed E-state index contributed by atoms with van der Waals surface area (Å²) in [5, 5.41) is 5.42. The zero-order chi connectivity index (χ0) is 11.2. The van der Waals surface area contributed by atoms with Crippen LogP contribution in [0.3, 0.4) is 0 Å². The third-order valence-corrected chi connectivity index (χ3v) is 3.69. The number of anilines is 1. The van der Waals surface area contributed by atoms with Crippen molar-refractivity contribution in [3.8, 4) is 0 Å². The van der Waals surface area contributed by atoms with Crippen LogP contribution in [0.4, 0.5) is 5.69 Å². The third kappa shape index (κ3) is 4.12. The molecule has 0 aliphatic heterocycles. The molecule has 0 radical (unpaired) electrons. The van der Waals surface area contributed by atoms with Crippen LogP contribution in [0.2, 0.25) is 0 Å². The molecule has 2 rings (SSSR count). The molecule has 3 N–H and O–H groups in total. The average Bonchev–Trinajstić information content (AvgIpc) is 3.01. The Morgan fingerprint density at radius 2 is 2.38 bits per heavy atom. The van der Waals surface area contributed by atoms with Crippen molar-refractivity contribution in [2.75, 3.05) is 25.5 Å². The van der Waals surface area contributed by atoms with Gasteiger partial charge < -0.3 is 15.8 Å². The molecule has 0 bridgehead atoms. The van der Waals surface area contributed by atoms with Crippen molar-refractivity contribution in [2.24, 2.45) is 5.92 Å². The summed E-state index contributed by atoms with van der Waals surface area (Å²) in [6, 6.07) is 1.96. The molecule has 3 nitrogen and oxygen atoms in total. The first-order chi connectivity index (χ1) is 7.86. The van der Waals surface area contributed by atoms with E-state index >= 15 is 0 Å². The Hall–Kier alpha value is -0.580. The quantitative estimate of drug-likeness (QED) is 0.685. The van der Waals surface area contributed by atoms with E-state index < -0.39 is 0 Å². The van der Waals surface area contributed by atoms with Crippen molar-refractivity contribution in [2.45, 2.75) is 25.8 Å². The molecule has 1 saturated carbocycles. The summed E-state index contributed by atoms with van der Waals surface area (Å²) >= 11 is 1.71. The van der Waals surface area contributed by atoms with Gasteiger partial charge in [0.1, 0.15) is 0 Å². The van der Waals surface area contributed by atoms with E-state index in [0.29, 0.717) is 0 Å². The van der Waals surface area contributed by atoms with E-state index in [4.69, 9.17) is 10.5 Å². The summed E-state index contributed by atoms with van der Waals surface area (Å²) in [6.45, 7) is 3.73. The molecule has 0 atom stereocenters. The van der Waals surface area contributed by atoms with Gasteiger partial charge in [0.25, 0.3) is 0 Å². The SMILES string of the molecule is Nc1ccsc1CNCCCOCC1CC1. The monoisotopic (exact) mass is 240 g/mol. The molecule has 0 spiro atoms. The van der Waals surface area contributed by atoms with Gasteiger partial charge in [0.15, 0.2) is 0 Å². The summed E-state index contributed by atoms with van der Waals surface area (Å²) < 4.78 is 5.56. The lowest BCUT2D eigenvalue weighted by molar-refractivity contribution is 0.122. The Balaban J connectivity index is 1.44. The Morgan fingerprint density at radius 1 is 1.50 bits per heavy atom. The molecule has 1 aliphatic rings. The third-order valence-electron chi connectivity index (χ3n) is 2.76. The second kappa shape index (κ2) is 6.23. The van der Waals surface area contributed by atoms with Crippen molar-refractivity contribution < 1.29 is 4.74 Å². The maximum absolute atomic E-state index is 5.79. The summed E-state index contributed by atoms with van der Waals surface area (Å²) in [7, 11) is 0. The predicted octanol–water partition coefficient (Wildman–Crippen LogP) is 2.24. The predicted molar refractivity (Wildman–Crippen MR) is 68.6 cm³/mol. The van der Waals surface area contributed by atoms with Gasteiger partial charge in [0.05, 0.1) is 0 Å². The van der Waals surface area contributed by atoms with Gasteiger partial charge in [-0.1, -0.05) is 0 Å². The lowest BCUT2D eigenvalue weighted by Gasteiger charge is -2.05. The Morgan fingerprint density at radius 3 is 3.06 bits per heavy atom. The Kier molecular flexibility index (Phi) is 4.63. The minimum absolute atomic E-state index is 0.874. The first-order valence-corrected chi connectivity index (χ1v) is 6.84. The van der Waals surface area contributed by atoms with Crippen LogP contribution in [0.15, 0.2) is 11.4 Å². The lowest BCUT2D eigenvalue weighted by Crippen LogP contribution is -2.16. The summed E-state index contributed by atoms with van der Waals surface area (Å²) in [4.78, 5) is 1.24. The molecular formula is C12H20N2OS. The number of nitrogen functional groups attached to an aromatic ring is 1. The molecule has 0 unspecified atom stereocenters. The first kappa shape index (κ1) is 11.9. The van der Waals surface area contributed by atoms with Gasteiger partial charge in [-0.25, -0.2) is 0 Å². The van der Waals surface area contributed by atoms with E-state index in [-0.39, 0.29) is 0 Å². The molecule has 0 amide bonds. The molecular weight excluding hydrogens is 220 g/mol. The summed E-state index contributed by atoms with van der Waals surface area (Å²) in [6.07, 6.45) is 3.82. The van der Waals surface area contributed by atoms with Crippen molar-refractivity contribution >= 4 is 17.0 Å². The van der Waals surface area contributed by atoms with Gasteiger partial charge in [0, 0.05) is 30.3 Å². The highest BCUT2D eigenvalue weighted by Gasteiger charge is 2.20. The van der Waals surface area contributed by atoms with Crippen molar-refractivity contribution in [1.29, 1.82) is 0 Å². The highest BCUT2D eigenvalue weighted by Crippen LogP contribution is 2.28. The number of hydrogen-bond acceptors (Lipinski definition) is 4. The van der Waals surface area contributed by atoms with E-state index in [1.54, 1.807) is 11.3 Å². The van der Waals surface area contributed by atoms with Crippen LogP contribution in [-0.4, -0.2) is 19.8 Å². The van der Waals surface area contributed by atoms with Gasteiger partial charge in [-0.05, 0) is 43.2 Å². The fourth-order valence-corrected chi connectivity index (χ4v) is 2.30. The van der Waals surface area contributed by atoms with E-state index in [1.165, 1.54) is 17.7 Å². The van der Waals surface area contributed by atoms with E-state index in [2.05, 4.69) is 5.32 Å². The van der Waals surface area contributed by atoms with Crippen LogP contribution in [0.25, 0.3) is 0 Å². The zero-order valence-corrected chi connectivity index (χ0v) is 10.4. The number of ether oxygens (including phenoxy) is 1. The molecule has 1 aromatic heterocycles. The Labute approximate surface area is 101 Å². The molecule has 0 saturated heterocycles. The van der Waals surface area contributed by atoms with Crippen molar-refractivity contribution in [3.63, 3.8) is 0 Å². The van der Waals surface area contributed by atoms with Crippen molar-refractivity contribution in [1.82, 2.24) is 5.32 Å². The molecule has 1 heterocycles. The first-order valence-electron chi connectivity index (χ1n) is 5.96. The van der Waals surface area contributed by atoms with Gasteiger partial charge in [0.2, 0.25) is 0 Å². The molecule has 1 aromatic rings. The number of rotatable bonds is 8. The van der Waals surface area contributed by atoms with E-state index in [9.17, 15) is 0 Å². The number of nitrogens with two attached hydrogens (primary N) is 1. The average molecular weight is 240 g/mol. The standard InChI is InChI=1S/C12H20N2OS/c13-11-4-7-16-12(11)8-14-5-1-6-15-9-10-2-3-10/h4,7,10,14H,1-3,5-6,8-9,13H2. The second-order valence-corrected chi connectivity index (χ2v) is 5.35. The van der Waals surface area contributed by atoms with Crippen LogP contribution < -0.4 is 11.1 Å². The van der Waals surface area contributed by atoms with Crippen molar-refractivity contribution in [3.05, 3.63) is 16.3 Å². The fourth-order valence-electron chi connectivity index (χ4n) is 1.53. The summed E-state index contributed by atoms with van der Waals surface area (Å²) in [5.74, 6) is 0.874. The van der Waals surface area contributed by atoms with Gasteiger partial charge in [-0.2, -0.15) is 0 Å². The maximum atomic E-state index is 5.79. The maximum Gasteiger partial charge on any atom is 0.0494 e. The van der Waals surface area contributed by atoms with Crippen LogP contribution in [-0.2, 0) is 11.3 Å². The Bertz CT molecular complexity index is 310. The molecule has 1 aliphatic carbocycles. The highest BCUT2D eigenvalue weighted by molar-refractivity contribution is 7.10. The van der Waals surface area contributed by atoms with E-state index in [1.807, 2.05) is 11.4 Å². The van der Waals surface area contributed by atoms with Crippen LogP contribution >= 0.6 is 11.3 Å². The largest absolute Gasteiger partial charge is 0.398 e. The van der Waals surface area contributed by atoms with Gasteiger partial charge >= 0.3 is 0 Å². The zero-order valence-electron chi connectivity index (χ0n) is 9.58. The molecule has 16 heavy (non-hydrogen) atoms. The molecule has 0 aromatic carbocycles. The minimum Gasteiger partial charge on any atom is -0.398 e. The van der Waals surface area contributed by atoms with Crippen LogP contribution in [0, 0.1) is 5.92 Å². The smallest absolute Gasteiger partial charge is 0.0494 e.